The van der Waals surface area contributed by atoms with Gasteiger partial charge >= 0.3 is 0 Å². The van der Waals surface area contributed by atoms with Gasteiger partial charge in [-0.1, -0.05) is 5.92 Å². The van der Waals surface area contributed by atoms with E-state index in [1.54, 1.807) is 18.8 Å². The monoisotopic (exact) mass is 434 g/mol. The average Bonchev–Trinajstić information content (AvgIpc) is 2.87. The van der Waals surface area contributed by atoms with Gasteiger partial charge in [-0.2, -0.15) is 5.10 Å². The van der Waals surface area contributed by atoms with Gasteiger partial charge < -0.3 is 10.6 Å². The first kappa shape index (κ1) is 19.1. The number of hydrogen-bond acceptors (Lipinski definition) is 4. The predicted molar refractivity (Wildman–Crippen MR) is 103 cm³/mol. The Bertz CT molecular complexity index is 536. The fraction of sp³-hybridized carbons (Fsp3) is 0.643. The van der Waals surface area contributed by atoms with Crippen LogP contribution in [-0.2, 0) is 6.54 Å². The molecule has 1 unspecified atom stereocenters. The van der Waals surface area contributed by atoms with Crippen LogP contribution in [0, 0.1) is 19.3 Å². The molecule has 0 aromatic carbocycles. The van der Waals surface area contributed by atoms with E-state index in [0.29, 0.717) is 0 Å². The maximum absolute atomic E-state index is 5.23. The molecule has 0 amide bonds. The second-order valence-corrected chi connectivity index (χ2v) is 5.94. The van der Waals surface area contributed by atoms with Crippen LogP contribution in [0.25, 0.3) is 0 Å². The Labute approximate surface area is 153 Å². The SMILES string of the molecule is C#CCSCCNC(=NC)NC1CCCn2nc(C)nc21.I. The molecule has 22 heavy (non-hydrogen) atoms. The molecule has 6 nitrogen and oxygen atoms in total. The molecule has 2 N–H and O–H groups in total. The summed E-state index contributed by atoms with van der Waals surface area (Å²) in [5, 5.41) is 11.2. The van der Waals surface area contributed by atoms with Crippen LogP contribution in [0.3, 0.4) is 0 Å². The highest BCUT2D eigenvalue weighted by atomic mass is 127. The van der Waals surface area contributed by atoms with E-state index in [9.17, 15) is 0 Å². The number of aryl methyl sites for hydroxylation is 2. The van der Waals surface area contributed by atoms with Crippen molar-refractivity contribution in [3.8, 4) is 12.3 Å². The molecule has 122 valence electrons. The summed E-state index contributed by atoms with van der Waals surface area (Å²) >= 11 is 1.74. The molecule has 0 saturated carbocycles. The molecule has 0 fully saturated rings. The molecule has 2 heterocycles. The topological polar surface area (TPSA) is 67.1 Å². The second-order valence-electron chi connectivity index (χ2n) is 4.84. The Hall–Kier alpha value is -0.950. The predicted octanol–water partition coefficient (Wildman–Crippen LogP) is 1.57. The van der Waals surface area contributed by atoms with Gasteiger partial charge in [-0.25, -0.2) is 9.67 Å². The van der Waals surface area contributed by atoms with Crippen molar-refractivity contribution in [3.05, 3.63) is 11.6 Å². The lowest BCUT2D eigenvalue weighted by molar-refractivity contribution is 0.398. The molecule has 0 spiro atoms. The zero-order chi connectivity index (χ0) is 15.1. The number of rotatable bonds is 5. The molecule has 0 aliphatic carbocycles. The summed E-state index contributed by atoms with van der Waals surface area (Å²) in [6, 6.07) is 0.171. The van der Waals surface area contributed by atoms with Gasteiger partial charge in [0.15, 0.2) is 5.96 Å². The van der Waals surface area contributed by atoms with Gasteiger partial charge in [0.25, 0.3) is 0 Å². The van der Waals surface area contributed by atoms with E-state index in [4.69, 9.17) is 6.42 Å². The van der Waals surface area contributed by atoms with E-state index in [0.717, 1.165) is 55.0 Å². The minimum Gasteiger partial charge on any atom is -0.356 e. The number of fused-ring (bicyclic) bond motifs is 1. The van der Waals surface area contributed by atoms with Crippen LogP contribution in [0.4, 0.5) is 0 Å². The highest BCUT2D eigenvalue weighted by molar-refractivity contribution is 14.0. The molecule has 2 rings (SSSR count). The first-order chi connectivity index (χ1) is 10.2. The standard InChI is InChI=1S/C14H22N6S.HI/c1-4-9-21-10-7-16-14(15-3)18-12-6-5-8-20-13(12)17-11(2)19-20;/h1,12H,5-10H2,2-3H3,(H2,15,16,18);1H. The van der Waals surface area contributed by atoms with Crippen LogP contribution in [0.5, 0.6) is 0 Å². The summed E-state index contributed by atoms with van der Waals surface area (Å²) in [4.78, 5) is 8.79. The quantitative estimate of drug-likeness (QED) is 0.242. The highest BCUT2D eigenvalue weighted by Crippen LogP contribution is 2.22. The molecular weight excluding hydrogens is 411 g/mol. The number of aromatic nitrogens is 3. The van der Waals surface area contributed by atoms with Gasteiger partial charge in [-0.3, -0.25) is 4.99 Å². The number of nitrogens with zero attached hydrogens (tertiary/aromatic N) is 4. The summed E-state index contributed by atoms with van der Waals surface area (Å²) in [7, 11) is 1.78. The Morgan fingerprint density at radius 2 is 2.41 bits per heavy atom. The van der Waals surface area contributed by atoms with E-state index in [1.165, 1.54) is 0 Å². The lowest BCUT2D eigenvalue weighted by Gasteiger charge is -2.24. The molecular formula is C14H23IN6S. The van der Waals surface area contributed by atoms with Gasteiger partial charge in [-0.15, -0.1) is 42.2 Å². The zero-order valence-corrected chi connectivity index (χ0v) is 16.1. The summed E-state index contributed by atoms with van der Waals surface area (Å²) in [6.45, 7) is 3.71. The van der Waals surface area contributed by atoms with E-state index < -0.39 is 0 Å². The summed E-state index contributed by atoms with van der Waals surface area (Å²) < 4.78 is 1.99. The molecule has 1 atom stereocenters. The van der Waals surface area contributed by atoms with E-state index >= 15 is 0 Å². The van der Waals surface area contributed by atoms with E-state index in [1.807, 2.05) is 11.6 Å². The molecule has 0 radical (unpaired) electrons. The van der Waals surface area contributed by atoms with Crippen LogP contribution >= 0.6 is 35.7 Å². The van der Waals surface area contributed by atoms with Crippen molar-refractivity contribution in [2.24, 2.45) is 4.99 Å². The highest BCUT2D eigenvalue weighted by Gasteiger charge is 2.24. The Morgan fingerprint density at radius 3 is 3.14 bits per heavy atom. The largest absolute Gasteiger partial charge is 0.356 e. The van der Waals surface area contributed by atoms with Gasteiger partial charge in [0.2, 0.25) is 0 Å². The van der Waals surface area contributed by atoms with Crippen molar-refractivity contribution in [1.82, 2.24) is 25.4 Å². The van der Waals surface area contributed by atoms with Crippen molar-refractivity contribution in [2.75, 3.05) is 25.1 Å². The van der Waals surface area contributed by atoms with Crippen LogP contribution in [0.15, 0.2) is 4.99 Å². The molecule has 1 aliphatic rings. The van der Waals surface area contributed by atoms with Crippen LogP contribution in [-0.4, -0.2) is 45.8 Å². The molecule has 1 aliphatic heterocycles. The number of nitrogens with one attached hydrogen (secondary N) is 2. The Kier molecular flexibility index (Phi) is 8.63. The maximum Gasteiger partial charge on any atom is 0.191 e. The smallest absolute Gasteiger partial charge is 0.191 e. The third-order valence-corrected chi connectivity index (χ3v) is 4.10. The molecule has 1 aromatic heterocycles. The molecule has 1 aromatic rings. The summed E-state index contributed by atoms with van der Waals surface area (Å²) in [5.74, 6) is 6.96. The second kappa shape index (κ2) is 9.94. The third kappa shape index (κ3) is 5.35. The third-order valence-electron chi connectivity index (χ3n) is 3.24. The molecule has 0 saturated heterocycles. The van der Waals surface area contributed by atoms with Crippen molar-refractivity contribution >= 4 is 41.7 Å². The van der Waals surface area contributed by atoms with Crippen LogP contribution < -0.4 is 10.6 Å². The number of thioether (sulfide) groups is 1. The van der Waals surface area contributed by atoms with Crippen molar-refractivity contribution in [2.45, 2.75) is 32.4 Å². The van der Waals surface area contributed by atoms with Crippen molar-refractivity contribution in [3.63, 3.8) is 0 Å². The minimum atomic E-state index is 0. The number of terminal acetylenes is 1. The number of hydrogen-bond donors (Lipinski definition) is 2. The minimum absolute atomic E-state index is 0. The van der Waals surface area contributed by atoms with Gasteiger partial charge in [0, 0.05) is 25.9 Å². The van der Waals surface area contributed by atoms with Crippen molar-refractivity contribution < 1.29 is 0 Å². The average molecular weight is 434 g/mol. The lowest BCUT2D eigenvalue weighted by atomic mass is 10.1. The van der Waals surface area contributed by atoms with E-state index in [2.05, 4.69) is 31.6 Å². The lowest BCUT2D eigenvalue weighted by Crippen LogP contribution is -2.42. The van der Waals surface area contributed by atoms with Gasteiger partial charge in [0.1, 0.15) is 11.6 Å². The van der Waals surface area contributed by atoms with Gasteiger partial charge in [0.05, 0.1) is 11.8 Å². The van der Waals surface area contributed by atoms with E-state index in [-0.39, 0.29) is 30.0 Å². The Balaban J connectivity index is 0.00000242. The molecule has 8 heteroatoms. The zero-order valence-electron chi connectivity index (χ0n) is 13.0. The number of halogens is 1. The van der Waals surface area contributed by atoms with Crippen molar-refractivity contribution in [1.29, 1.82) is 0 Å². The maximum atomic E-state index is 5.23. The van der Waals surface area contributed by atoms with Crippen LogP contribution in [0.2, 0.25) is 0 Å². The Morgan fingerprint density at radius 1 is 1.59 bits per heavy atom. The van der Waals surface area contributed by atoms with Gasteiger partial charge in [-0.05, 0) is 19.8 Å². The fourth-order valence-corrected chi connectivity index (χ4v) is 2.85. The first-order valence-electron chi connectivity index (χ1n) is 7.14. The number of aliphatic imine (C=N–C) groups is 1. The summed E-state index contributed by atoms with van der Waals surface area (Å²) in [6.07, 6.45) is 7.37. The molecule has 0 bridgehead atoms. The summed E-state index contributed by atoms with van der Waals surface area (Å²) in [5.41, 5.74) is 0. The first-order valence-corrected chi connectivity index (χ1v) is 8.29. The van der Waals surface area contributed by atoms with Crippen LogP contribution in [0.1, 0.15) is 30.5 Å². The number of guanidine groups is 1. The fourth-order valence-electron chi connectivity index (χ4n) is 2.34. The normalized spacial score (nSPS) is 17.1.